The van der Waals surface area contributed by atoms with Gasteiger partial charge < -0.3 is 5.11 Å². The zero-order chi connectivity index (χ0) is 24.6. The second kappa shape index (κ2) is 9.86. The lowest BCUT2D eigenvalue weighted by molar-refractivity contribution is -0.0553. The molecule has 0 aromatic heterocycles. The first-order chi connectivity index (χ1) is 16.9. The molecule has 35 heavy (non-hydrogen) atoms. The van der Waals surface area contributed by atoms with E-state index in [1.165, 1.54) is 11.1 Å². The molecule has 5 nitrogen and oxygen atoms in total. The summed E-state index contributed by atoms with van der Waals surface area (Å²) in [6.45, 7) is 5.96. The van der Waals surface area contributed by atoms with Crippen molar-refractivity contribution in [1.82, 2.24) is 9.21 Å². The van der Waals surface area contributed by atoms with E-state index in [2.05, 4.69) is 60.4 Å². The van der Waals surface area contributed by atoms with Crippen LogP contribution in [0.5, 0.6) is 0 Å². The average molecular weight is 491 g/mol. The Morgan fingerprint density at radius 2 is 1.54 bits per heavy atom. The number of aliphatic hydroxyl groups excluding tert-OH is 1. The van der Waals surface area contributed by atoms with E-state index >= 15 is 0 Å². The van der Waals surface area contributed by atoms with Gasteiger partial charge in [-0.2, -0.15) is 4.31 Å². The molecule has 0 amide bonds. The van der Waals surface area contributed by atoms with Crippen LogP contribution in [0.3, 0.4) is 0 Å². The summed E-state index contributed by atoms with van der Waals surface area (Å²) in [4.78, 5) is 2.68. The van der Waals surface area contributed by atoms with Crippen LogP contribution in [-0.4, -0.2) is 61.1 Å². The van der Waals surface area contributed by atoms with Gasteiger partial charge in [0.2, 0.25) is 10.0 Å². The molecule has 2 aliphatic heterocycles. The number of rotatable bonds is 5. The van der Waals surface area contributed by atoms with Crippen molar-refractivity contribution in [2.24, 2.45) is 0 Å². The van der Waals surface area contributed by atoms with Crippen LogP contribution in [0.25, 0.3) is 11.1 Å². The second-order valence-electron chi connectivity index (χ2n) is 9.96. The fraction of sp³-hybridized carbons (Fsp3) is 0.379. The number of nitrogens with zero attached hydrogens (tertiary/aromatic N) is 2. The normalized spacial score (nSPS) is 23.7. The van der Waals surface area contributed by atoms with Gasteiger partial charge in [-0.3, -0.25) is 4.90 Å². The fourth-order valence-electron chi connectivity index (χ4n) is 5.77. The van der Waals surface area contributed by atoms with Crippen molar-refractivity contribution >= 4 is 10.0 Å². The van der Waals surface area contributed by atoms with Gasteiger partial charge in [0, 0.05) is 31.1 Å². The lowest BCUT2D eigenvalue weighted by Gasteiger charge is -2.57. The zero-order valence-corrected chi connectivity index (χ0v) is 21.3. The molecular weight excluding hydrogens is 456 g/mol. The largest absolute Gasteiger partial charge is 0.395 e. The summed E-state index contributed by atoms with van der Waals surface area (Å²) in [7, 11) is -3.58. The van der Waals surface area contributed by atoms with Gasteiger partial charge in [-0.1, -0.05) is 66.2 Å². The maximum atomic E-state index is 13.6. The Balaban J connectivity index is 1.43. The Labute approximate surface area is 209 Å². The third-order valence-electron chi connectivity index (χ3n) is 7.61. The van der Waals surface area contributed by atoms with Crippen LogP contribution in [0.4, 0.5) is 0 Å². The van der Waals surface area contributed by atoms with E-state index in [9.17, 15) is 13.5 Å². The van der Waals surface area contributed by atoms with Crippen molar-refractivity contribution in [3.63, 3.8) is 0 Å². The van der Waals surface area contributed by atoms with Gasteiger partial charge >= 0.3 is 0 Å². The van der Waals surface area contributed by atoms with Crippen LogP contribution >= 0.6 is 0 Å². The maximum Gasteiger partial charge on any atom is 0.243 e. The molecule has 0 unspecified atom stereocenters. The van der Waals surface area contributed by atoms with Crippen molar-refractivity contribution in [3.8, 4) is 11.1 Å². The smallest absolute Gasteiger partial charge is 0.243 e. The van der Waals surface area contributed by atoms with E-state index in [1.807, 2.05) is 19.1 Å². The van der Waals surface area contributed by atoms with Crippen molar-refractivity contribution in [2.75, 3.05) is 26.2 Å². The molecule has 1 N–H and O–H groups in total. The third-order valence-corrected chi connectivity index (χ3v) is 9.47. The number of sulfonamides is 1. The molecule has 2 aliphatic rings. The summed E-state index contributed by atoms with van der Waals surface area (Å²) in [5.41, 5.74) is 5.68. The minimum absolute atomic E-state index is 0.0199. The van der Waals surface area contributed by atoms with Crippen molar-refractivity contribution in [3.05, 3.63) is 89.5 Å². The van der Waals surface area contributed by atoms with Crippen LogP contribution in [0, 0.1) is 13.8 Å². The van der Waals surface area contributed by atoms with E-state index in [4.69, 9.17) is 0 Å². The summed E-state index contributed by atoms with van der Waals surface area (Å²) in [6, 6.07) is 24.3. The van der Waals surface area contributed by atoms with Crippen LogP contribution in [0.15, 0.2) is 77.7 Å². The van der Waals surface area contributed by atoms with Crippen LogP contribution in [-0.2, 0) is 10.0 Å². The number of aliphatic hydroxyl groups is 1. The standard InChI is InChI=1S/C29H34N2O3S/c1-21-7-5-9-25(17-21)23-11-13-24(14-12-23)29-27-19-30(15-3-4-16-31(27)28(29)20-32)35(33,34)26-10-6-8-22(2)18-26/h5-14,17-18,27-29,32H,3-4,15-16,19-20H2,1-2H3/t27-,28-,29-/m1/s1. The SMILES string of the molecule is Cc1cccc(-c2ccc([C@H]3[C@@H](CO)N4CCCCN(S(=O)(=O)c5cccc(C)c5)C[C@H]34)cc2)c1. The molecule has 2 heterocycles. The first-order valence-corrected chi connectivity index (χ1v) is 13.9. The summed E-state index contributed by atoms with van der Waals surface area (Å²) in [5.74, 6) is 0.0971. The predicted octanol–water partition coefficient (Wildman–Crippen LogP) is 4.58. The number of benzene rings is 3. The molecule has 3 atom stereocenters. The summed E-state index contributed by atoms with van der Waals surface area (Å²) in [5, 5.41) is 10.2. The number of aryl methyl sites for hydroxylation is 2. The Hall–Kier alpha value is -2.51. The van der Waals surface area contributed by atoms with Gasteiger partial charge in [0.05, 0.1) is 11.5 Å². The molecule has 0 saturated carbocycles. The molecule has 0 spiro atoms. The van der Waals surface area contributed by atoms with Gasteiger partial charge in [-0.05, 0) is 67.6 Å². The number of hydrogen-bond acceptors (Lipinski definition) is 4. The lowest BCUT2D eigenvalue weighted by atomic mass is 9.74. The fourth-order valence-corrected chi connectivity index (χ4v) is 7.38. The highest BCUT2D eigenvalue weighted by Crippen LogP contribution is 2.43. The average Bonchev–Trinajstić information content (AvgIpc) is 2.83. The van der Waals surface area contributed by atoms with E-state index in [0.717, 1.165) is 36.1 Å². The summed E-state index contributed by atoms with van der Waals surface area (Å²) in [6.07, 6.45) is 1.74. The Kier molecular flexibility index (Phi) is 6.82. The van der Waals surface area contributed by atoms with E-state index in [1.54, 1.807) is 16.4 Å². The minimum Gasteiger partial charge on any atom is -0.395 e. The molecule has 2 fully saturated rings. The second-order valence-corrected chi connectivity index (χ2v) is 11.9. The highest BCUT2D eigenvalue weighted by molar-refractivity contribution is 7.89. The number of fused-ring (bicyclic) bond motifs is 1. The summed E-state index contributed by atoms with van der Waals surface area (Å²) < 4.78 is 28.8. The maximum absolute atomic E-state index is 13.6. The summed E-state index contributed by atoms with van der Waals surface area (Å²) >= 11 is 0. The number of hydrogen-bond donors (Lipinski definition) is 1. The van der Waals surface area contributed by atoms with E-state index < -0.39 is 10.0 Å². The Morgan fingerprint density at radius 3 is 2.23 bits per heavy atom. The van der Waals surface area contributed by atoms with E-state index in [-0.39, 0.29) is 24.6 Å². The molecule has 0 aliphatic carbocycles. The zero-order valence-electron chi connectivity index (χ0n) is 20.5. The van der Waals surface area contributed by atoms with Gasteiger partial charge in [0.25, 0.3) is 0 Å². The molecular formula is C29H34N2O3S. The molecule has 3 aromatic carbocycles. The highest BCUT2D eigenvalue weighted by atomic mass is 32.2. The van der Waals surface area contributed by atoms with Crippen molar-refractivity contribution < 1.29 is 13.5 Å². The van der Waals surface area contributed by atoms with Crippen molar-refractivity contribution in [1.29, 1.82) is 0 Å². The highest BCUT2D eigenvalue weighted by Gasteiger charge is 2.50. The predicted molar refractivity (Wildman–Crippen MR) is 140 cm³/mol. The van der Waals surface area contributed by atoms with Gasteiger partial charge in [0.1, 0.15) is 0 Å². The molecule has 6 heteroatoms. The molecule has 5 rings (SSSR count). The lowest BCUT2D eigenvalue weighted by Crippen LogP contribution is -2.67. The van der Waals surface area contributed by atoms with Crippen LogP contribution in [0.1, 0.15) is 35.4 Å². The van der Waals surface area contributed by atoms with Crippen LogP contribution in [0.2, 0.25) is 0 Å². The quantitative estimate of drug-likeness (QED) is 0.569. The molecule has 3 aromatic rings. The molecule has 2 saturated heterocycles. The van der Waals surface area contributed by atoms with Gasteiger partial charge in [0.15, 0.2) is 0 Å². The first kappa shape index (κ1) is 24.2. The molecule has 0 radical (unpaired) electrons. The van der Waals surface area contributed by atoms with Gasteiger partial charge in [-0.15, -0.1) is 0 Å². The molecule has 184 valence electrons. The topological polar surface area (TPSA) is 60.9 Å². The first-order valence-electron chi connectivity index (χ1n) is 12.5. The Morgan fingerprint density at radius 1 is 0.857 bits per heavy atom. The third kappa shape index (κ3) is 4.68. The van der Waals surface area contributed by atoms with Gasteiger partial charge in [-0.25, -0.2) is 8.42 Å². The Bertz CT molecular complexity index is 1290. The minimum atomic E-state index is -3.58. The van der Waals surface area contributed by atoms with Crippen LogP contribution < -0.4 is 0 Å². The molecule has 0 bridgehead atoms. The van der Waals surface area contributed by atoms with E-state index in [0.29, 0.717) is 18.0 Å². The monoisotopic (exact) mass is 490 g/mol. The van der Waals surface area contributed by atoms with Crippen molar-refractivity contribution in [2.45, 2.75) is 49.6 Å².